The molecule has 4 nitrogen and oxygen atoms in total. The Bertz CT molecular complexity index is 958. The van der Waals surface area contributed by atoms with Crippen molar-refractivity contribution in [3.8, 4) is 5.75 Å². The van der Waals surface area contributed by atoms with Crippen LogP contribution in [0.15, 0.2) is 47.5 Å². The van der Waals surface area contributed by atoms with Gasteiger partial charge in [-0.05, 0) is 55.3 Å². The van der Waals surface area contributed by atoms with Gasteiger partial charge in [0.15, 0.2) is 11.4 Å². The third kappa shape index (κ3) is 4.30. The number of nitrogens with zero attached hydrogens (tertiary/aromatic N) is 2. The van der Waals surface area contributed by atoms with Crippen molar-refractivity contribution in [2.24, 2.45) is 4.99 Å². The Morgan fingerprint density at radius 3 is 2.72 bits per heavy atom. The lowest BCUT2D eigenvalue weighted by Crippen LogP contribution is -2.19. The zero-order valence-corrected chi connectivity index (χ0v) is 15.7. The van der Waals surface area contributed by atoms with Gasteiger partial charge >= 0.3 is 0 Å². The predicted octanol–water partition coefficient (Wildman–Crippen LogP) is 4.58. The number of benzene rings is 2. The van der Waals surface area contributed by atoms with Gasteiger partial charge in [-0.1, -0.05) is 35.9 Å². The number of hydrogen-bond acceptors (Lipinski definition) is 3. The molecule has 0 atom stereocenters. The molecule has 6 heteroatoms. The van der Waals surface area contributed by atoms with Crippen molar-refractivity contribution in [3.05, 3.63) is 57.9 Å². The van der Waals surface area contributed by atoms with E-state index in [1.54, 1.807) is 24.3 Å². The summed E-state index contributed by atoms with van der Waals surface area (Å²) in [5.74, 6) is 0.296. The van der Waals surface area contributed by atoms with Crippen LogP contribution in [0.5, 0.6) is 5.75 Å². The van der Waals surface area contributed by atoms with Crippen LogP contribution in [-0.2, 0) is 11.3 Å². The highest BCUT2D eigenvalue weighted by Crippen LogP contribution is 2.19. The Morgan fingerprint density at radius 2 is 2.00 bits per heavy atom. The van der Waals surface area contributed by atoms with Crippen LogP contribution < -0.4 is 9.54 Å². The number of carbonyl (C=O) groups is 1. The Kier molecular flexibility index (Phi) is 5.56. The molecule has 25 heavy (non-hydrogen) atoms. The second kappa shape index (κ2) is 7.85. The molecule has 0 radical (unpaired) electrons. The second-order valence-corrected chi connectivity index (χ2v) is 7.20. The van der Waals surface area contributed by atoms with Crippen LogP contribution in [-0.4, -0.2) is 17.1 Å². The van der Waals surface area contributed by atoms with Crippen LogP contribution in [0, 0.1) is 6.92 Å². The lowest BCUT2D eigenvalue weighted by molar-refractivity contribution is -0.120. The molecule has 0 spiro atoms. The number of halogens is 1. The van der Waals surface area contributed by atoms with Crippen molar-refractivity contribution in [3.63, 3.8) is 0 Å². The van der Waals surface area contributed by atoms with Gasteiger partial charge in [0.25, 0.3) is 5.91 Å². The number of hydrogen-bond donors (Lipinski definition) is 0. The number of rotatable bonds is 5. The van der Waals surface area contributed by atoms with Crippen molar-refractivity contribution < 1.29 is 9.53 Å². The van der Waals surface area contributed by atoms with Gasteiger partial charge in [0, 0.05) is 11.6 Å². The summed E-state index contributed by atoms with van der Waals surface area (Å²) < 4.78 is 8.72. The second-order valence-electron chi connectivity index (χ2n) is 5.76. The third-order valence-corrected chi connectivity index (χ3v) is 4.97. The highest BCUT2D eigenvalue weighted by molar-refractivity contribution is 7.16. The van der Waals surface area contributed by atoms with Gasteiger partial charge in [-0.2, -0.15) is 4.99 Å². The van der Waals surface area contributed by atoms with E-state index in [2.05, 4.69) is 41.6 Å². The fourth-order valence-electron chi connectivity index (χ4n) is 2.52. The molecule has 0 fully saturated rings. The maximum Gasteiger partial charge on any atom is 0.286 e. The molecule has 0 saturated carbocycles. The fourth-order valence-corrected chi connectivity index (χ4v) is 3.82. The molecule has 130 valence electrons. The monoisotopic (exact) mass is 374 g/mol. The van der Waals surface area contributed by atoms with Gasteiger partial charge in [-0.3, -0.25) is 4.79 Å². The Labute approximate surface area is 155 Å². The molecule has 0 unspecified atom stereocenters. The van der Waals surface area contributed by atoms with Crippen molar-refractivity contribution in [1.29, 1.82) is 0 Å². The topological polar surface area (TPSA) is 43.6 Å². The average molecular weight is 375 g/mol. The molecule has 1 amide bonds. The van der Waals surface area contributed by atoms with Gasteiger partial charge in [0.2, 0.25) is 0 Å². The summed E-state index contributed by atoms with van der Waals surface area (Å²) >= 11 is 7.37. The van der Waals surface area contributed by atoms with Gasteiger partial charge in [-0.15, -0.1) is 0 Å². The zero-order chi connectivity index (χ0) is 17.8. The smallest absolute Gasteiger partial charge is 0.286 e. The van der Waals surface area contributed by atoms with E-state index in [-0.39, 0.29) is 12.5 Å². The van der Waals surface area contributed by atoms with Crippen LogP contribution in [0.3, 0.4) is 0 Å². The van der Waals surface area contributed by atoms with E-state index < -0.39 is 0 Å². The summed E-state index contributed by atoms with van der Waals surface area (Å²) in [4.78, 5) is 17.2. The molecule has 0 aliphatic heterocycles. The number of thiazole rings is 1. The number of aryl methyl sites for hydroxylation is 2. The summed E-state index contributed by atoms with van der Waals surface area (Å²) in [5.41, 5.74) is 2.31. The number of ether oxygens (including phenoxy) is 1. The van der Waals surface area contributed by atoms with E-state index in [1.807, 2.05) is 0 Å². The molecule has 2 aromatic carbocycles. The van der Waals surface area contributed by atoms with E-state index in [1.165, 1.54) is 16.9 Å². The van der Waals surface area contributed by atoms with Crippen molar-refractivity contribution in [2.45, 2.75) is 26.8 Å². The van der Waals surface area contributed by atoms with Crippen molar-refractivity contribution in [1.82, 2.24) is 4.57 Å². The summed E-state index contributed by atoms with van der Waals surface area (Å²) in [7, 11) is 0. The molecule has 0 aliphatic rings. The summed E-state index contributed by atoms with van der Waals surface area (Å²) in [6, 6.07) is 13.2. The van der Waals surface area contributed by atoms with Gasteiger partial charge in [0.05, 0.1) is 10.2 Å². The first-order chi connectivity index (χ1) is 12.1. The van der Waals surface area contributed by atoms with Crippen LogP contribution in [0.2, 0.25) is 5.02 Å². The van der Waals surface area contributed by atoms with Crippen LogP contribution in [0.4, 0.5) is 0 Å². The quantitative estimate of drug-likeness (QED) is 0.656. The first-order valence-corrected chi connectivity index (χ1v) is 9.32. The number of aromatic nitrogens is 1. The molecule has 0 N–H and O–H groups in total. The maximum atomic E-state index is 12.2. The average Bonchev–Trinajstić information content (AvgIpc) is 2.91. The third-order valence-electron chi connectivity index (χ3n) is 3.68. The van der Waals surface area contributed by atoms with Gasteiger partial charge in [0.1, 0.15) is 5.75 Å². The van der Waals surface area contributed by atoms with E-state index in [9.17, 15) is 4.79 Å². The number of carbonyl (C=O) groups excluding carboxylic acids is 1. The Hall–Kier alpha value is -2.11. The Morgan fingerprint density at radius 1 is 1.24 bits per heavy atom. The van der Waals surface area contributed by atoms with E-state index in [4.69, 9.17) is 16.3 Å². The standard InChI is InChI=1S/C19H19ClN2O2S/c1-3-10-22-16-9-4-13(2)11-17(16)25-19(22)21-18(23)12-24-15-7-5-14(20)6-8-15/h4-9,11H,3,10,12H2,1-2H3. The molecular weight excluding hydrogens is 356 g/mol. The lowest BCUT2D eigenvalue weighted by Gasteiger charge is -2.04. The number of fused-ring (bicyclic) bond motifs is 1. The lowest BCUT2D eigenvalue weighted by atomic mass is 10.2. The number of amides is 1. The SMILES string of the molecule is CCCn1c(=NC(=O)COc2ccc(Cl)cc2)sc2cc(C)ccc21. The molecule has 1 heterocycles. The van der Waals surface area contributed by atoms with E-state index in [0.717, 1.165) is 23.2 Å². The van der Waals surface area contributed by atoms with Crippen LogP contribution >= 0.6 is 22.9 Å². The molecule has 0 bridgehead atoms. The predicted molar refractivity (Wildman–Crippen MR) is 102 cm³/mol. The Balaban J connectivity index is 1.84. The first kappa shape index (κ1) is 17.7. The summed E-state index contributed by atoms with van der Waals surface area (Å²) in [5, 5.41) is 0.629. The molecule has 3 rings (SSSR count). The zero-order valence-electron chi connectivity index (χ0n) is 14.2. The highest BCUT2D eigenvalue weighted by atomic mass is 35.5. The normalized spacial score (nSPS) is 11.9. The maximum absolute atomic E-state index is 12.2. The molecule has 3 aromatic rings. The molecule has 0 aliphatic carbocycles. The van der Waals surface area contributed by atoms with Gasteiger partial charge < -0.3 is 9.30 Å². The molecule has 1 aromatic heterocycles. The minimum absolute atomic E-state index is 0.0962. The van der Waals surface area contributed by atoms with E-state index in [0.29, 0.717) is 15.6 Å². The largest absolute Gasteiger partial charge is 0.484 e. The van der Waals surface area contributed by atoms with Crippen LogP contribution in [0.25, 0.3) is 10.2 Å². The summed E-state index contributed by atoms with van der Waals surface area (Å²) in [6.45, 7) is 4.90. The highest BCUT2D eigenvalue weighted by Gasteiger charge is 2.08. The van der Waals surface area contributed by atoms with E-state index >= 15 is 0 Å². The van der Waals surface area contributed by atoms with Crippen molar-refractivity contribution in [2.75, 3.05) is 6.61 Å². The summed E-state index contributed by atoms with van der Waals surface area (Å²) in [6.07, 6.45) is 0.975. The minimum atomic E-state index is -0.303. The van der Waals surface area contributed by atoms with Crippen LogP contribution in [0.1, 0.15) is 18.9 Å². The van der Waals surface area contributed by atoms with Gasteiger partial charge in [-0.25, -0.2) is 0 Å². The van der Waals surface area contributed by atoms with Crippen molar-refractivity contribution >= 4 is 39.1 Å². The molecular formula is C19H19ClN2O2S. The first-order valence-electron chi connectivity index (χ1n) is 8.12. The minimum Gasteiger partial charge on any atom is -0.484 e. The molecule has 0 saturated heterocycles. The fraction of sp³-hybridized carbons (Fsp3) is 0.263.